The first-order valence-corrected chi connectivity index (χ1v) is 4.11. The van der Waals surface area contributed by atoms with E-state index in [1.165, 1.54) is 0 Å². The maximum absolute atomic E-state index is 5.67. The second kappa shape index (κ2) is 6.35. The fourth-order valence-electron chi connectivity index (χ4n) is 0.944. The third-order valence-electron chi connectivity index (χ3n) is 1.57. The first-order valence-electron chi connectivity index (χ1n) is 3.58. The monoisotopic (exact) mass is 212 g/mol. The topological polar surface area (TPSA) is 18.5 Å². The molecule has 0 spiro atoms. The van der Waals surface area contributed by atoms with Crippen LogP contribution in [0.15, 0.2) is 18.2 Å². The van der Waals surface area contributed by atoms with Gasteiger partial charge in [0.25, 0.3) is 0 Å². The van der Waals surface area contributed by atoms with Gasteiger partial charge in [0.05, 0.1) is 14.2 Å². The maximum Gasteiger partial charge on any atom is 2.00 e. The molecule has 0 bridgehead atoms. The van der Waals surface area contributed by atoms with Crippen molar-refractivity contribution < 1.29 is 12.3 Å². The standard InChI is InChI=1S/C9H11ClO2.Mg.2H/c1-11-8-3-7(6-10)4-9(5-8)12-2;;;/h3-5H,6H2,1-2H3;;;/q;+2;2*-1. The van der Waals surface area contributed by atoms with Crippen LogP contribution < -0.4 is 9.47 Å². The second-order valence-corrected chi connectivity index (χ2v) is 2.62. The Balaban J connectivity index is -0.000000480. The quantitative estimate of drug-likeness (QED) is 0.566. The van der Waals surface area contributed by atoms with Crippen LogP contribution in [0.2, 0.25) is 0 Å². The average molecular weight is 213 g/mol. The van der Waals surface area contributed by atoms with E-state index >= 15 is 0 Å². The summed E-state index contributed by atoms with van der Waals surface area (Å²) in [5, 5.41) is 0. The molecular formula is C9H13ClMgO2. The summed E-state index contributed by atoms with van der Waals surface area (Å²) in [5.41, 5.74) is 0.993. The van der Waals surface area contributed by atoms with E-state index in [1.54, 1.807) is 14.2 Å². The van der Waals surface area contributed by atoms with E-state index in [4.69, 9.17) is 21.1 Å². The van der Waals surface area contributed by atoms with Gasteiger partial charge in [0.2, 0.25) is 0 Å². The van der Waals surface area contributed by atoms with Gasteiger partial charge in [0.15, 0.2) is 0 Å². The van der Waals surface area contributed by atoms with Gasteiger partial charge >= 0.3 is 23.1 Å². The van der Waals surface area contributed by atoms with Crippen LogP contribution in [0.1, 0.15) is 8.42 Å². The average Bonchev–Trinajstić information content (AvgIpc) is 2.16. The Kier molecular flexibility index (Phi) is 6.29. The van der Waals surface area contributed by atoms with Crippen molar-refractivity contribution in [3.8, 4) is 11.5 Å². The summed E-state index contributed by atoms with van der Waals surface area (Å²) in [6, 6.07) is 5.58. The predicted octanol–water partition coefficient (Wildman–Crippen LogP) is 2.29. The minimum absolute atomic E-state index is 0. The maximum atomic E-state index is 5.67. The van der Waals surface area contributed by atoms with Crippen molar-refractivity contribution >= 4 is 34.7 Å². The van der Waals surface area contributed by atoms with Crippen LogP contribution >= 0.6 is 11.6 Å². The van der Waals surface area contributed by atoms with E-state index in [2.05, 4.69) is 0 Å². The number of alkyl halides is 1. The van der Waals surface area contributed by atoms with Crippen molar-refractivity contribution in [2.75, 3.05) is 14.2 Å². The molecule has 0 heterocycles. The number of ether oxygens (including phenoxy) is 2. The molecule has 0 radical (unpaired) electrons. The summed E-state index contributed by atoms with van der Waals surface area (Å²) in [6.45, 7) is 0. The van der Waals surface area contributed by atoms with Crippen LogP contribution in [0.5, 0.6) is 11.5 Å². The normalized spacial score (nSPS) is 8.85. The Morgan fingerprint density at radius 2 is 1.62 bits per heavy atom. The summed E-state index contributed by atoms with van der Waals surface area (Å²) in [6.07, 6.45) is 0. The fraction of sp³-hybridized carbons (Fsp3) is 0.333. The molecule has 13 heavy (non-hydrogen) atoms. The molecule has 4 heteroatoms. The fourth-order valence-corrected chi connectivity index (χ4v) is 1.10. The molecular weight excluding hydrogens is 200 g/mol. The Morgan fingerprint density at radius 1 is 1.15 bits per heavy atom. The SMILES string of the molecule is COc1cc(CCl)cc(OC)c1.[H-].[H-].[Mg+2]. The number of benzene rings is 1. The van der Waals surface area contributed by atoms with E-state index in [0.717, 1.165) is 17.1 Å². The molecule has 0 aliphatic heterocycles. The second-order valence-electron chi connectivity index (χ2n) is 2.35. The van der Waals surface area contributed by atoms with Crippen molar-refractivity contribution in [2.24, 2.45) is 0 Å². The van der Waals surface area contributed by atoms with Crippen LogP contribution in [-0.2, 0) is 5.88 Å². The zero-order chi connectivity index (χ0) is 8.97. The van der Waals surface area contributed by atoms with Gasteiger partial charge in [-0.1, -0.05) is 0 Å². The molecule has 0 aromatic heterocycles. The van der Waals surface area contributed by atoms with E-state index in [9.17, 15) is 0 Å². The Labute approximate surface area is 102 Å². The number of methoxy groups -OCH3 is 2. The first kappa shape index (κ1) is 12.9. The van der Waals surface area contributed by atoms with Gasteiger partial charge in [-0.15, -0.1) is 11.6 Å². The van der Waals surface area contributed by atoms with Crippen LogP contribution in [0, 0.1) is 0 Å². The minimum atomic E-state index is 0. The first-order chi connectivity index (χ1) is 5.80. The molecule has 0 N–H and O–H groups in total. The van der Waals surface area contributed by atoms with Crippen molar-refractivity contribution in [3.63, 3.8) is 0 Å². The van der Waals surface area contributed by atoms with E-state index in [0.29, 0.717) is 5.88 Å². The van der Waals surface area contributed by atoms with E-state index in [-0.39, 0.29) is 25.9 Å². The smallest absolute Gasteiger partial charge is 1.00 e. The Hall–Kier alpha value is -0.124. The third-order valence-corrected chi connectivity index (χ3v) is 1.87. The number of halogens is 1. The summed E-state index contributed by atoms with van der Waals surface area (Å²) in [7, 11) is 3.24. The molecule has 1 aromatic carbocycles. The van der Waals surface area contributed by atoms with Crippen molar-refractivity contribution in [2.45, 2.75) is 5.88 Å². The molecule has 1 rings (SSSR count). The van der Waals surface area contributed by atoms with Crippen molar-refractivity contribution in [1.82, 2.24) is 0 Å². The van der Waals surface area contributed by atoms with Crippen LogP contribution in [0.4, 0.5) is 0 Å². The minimum Gasteiger partial charge on any atom is -1.00 e. The zero-order valence-corrected chi connectivity index (χ0v) is 10.0. The molecule has 0 saturated heterocycles. The third kappa shape index (κ3) is 3.63. The van der Waals surface area contributed by atoms with Crippen molar-refractivity contribution in [1.29, 1.82) is 0 Å². The number of hydrogen-bond donors (Lipinski definition) is 0. The molecule has 0 saturated carbocycles. The van der Waals surface area contributed by atoms with Crippen LogP contribution in [0.25, 0.3) is 0 Å². The molecule has 0 aliphatic carbocycles. The molecule has 0 aliphatic rings. The summed E-state index contributed by atoms with van der Waals surface area (Å²) in [5.74, 6) is 2.00. The predicted molar refractivity (Wildman–Crippen MR) is 57.1 cm³/mol. The van der Waals surface area contributed by atoms with Gasteiger partial charge in [-0.3, -0.25) is 0 Å². The molecule has 70 valence electrons. The Morgan fingerprint density at radius 3 is 1.92 bits per heavy atom. The van der Waals surface area contributed by atoms with Crippen LogP contribution in [-0.4, -0.2) is 37.3 Å². The molecule has 1 aromatic rings. The van der Waals surface area contributed by atoms with Gasteiger partial charge in [0, 0.05) is 11.9 Å². The molecule has 0 fully saturated rings. The van der Waals surface area contributed by atoms with E-state index < -0.39 is 0 Å². The Bertz CT molecular complexity index is 219. The summed E-state index contributed by atoms with van der Waals surface area (Å²) in [4.78, 5) is 0. The van der Waals surface area contributed by atoms with Gasteiger partial charge < -0.3 is 12.3 Å². The van der Waals surface area contributed by atoms with Crippen molar-refractivity contribution in [3.05, 3.63) is 23.8 Å². The van der Waals surface area contributed by atoms with Gasteiger partial charge in [0.1, 0.15) is 11.5 Å². The zero-order valence-electron chi connectivity index (χ0n) is 9.84. The molecule has 0 amide bonds. The van der Waals surface area contributed by atoms with Gasteiger partial charge in [-0.05, 0) is 17.7 Å². The molecule has 2 nitrogen and oxygen atoms in total. The summed E-state index contributed by atoms with van der Waals surface area (Å²) < 4.78 is 10.1. The molecule has 0 unspecified atom stereocenters. The van der Waals surface area contributed by atoms with Crippen LogP contribution in [0.3, 0.4) is 0 Å². The largest absolute Gasteiger partial charge is 2.00 e. The summed E-state index contributed by atoms with van der Waals surface area (Å²) >= 11 is 5.67. The molecule has 0 atom stereocenters. The van der Waals surface area contributed by atoms with Gasteiger partial charge in [-0.2, -0.15) is 0 Å². The number of rotatable bonds is 3. The van der Waals surface area contributed by atoms with E-state index in [1.807, 2.05) is 18.2 Å². The van der Waals surface area contributed by atoms with Gasteiger partial charge in [-0.25, -0.2) is 0 Å². The number of hydrogen-bond acceptors (Lipinski definition) is 2.